The number of alkyl carbamates (subject to hydrolysis) is 1. The van der Waals surface area contributed by atoms with Crippen LogP contribution in [0.1, 0.15) is 33.6 Å². The lowest BCUT2D eigenvalue weighted by molar-refractivity contribution is -0.145. The molecule has 1 saturated carbocycles. The third kappa shape index (κ3) is 3.42. The molecule has 5 heteroatoms. The molecule has 1 rings (SSSR count). The van der Waals surface area contributed by atoms with E-state index in [-0.39, 0.29) is 6.04 Å². The van der Waals surface area contributed by atoms with Crippen LogP contribution in [0.5, 0.6) is 0 Å². The molecule has 5 nitrogen and oxygen atoms in total. The average molecular weight is 215 g/mol. The number of hydrogen-bond acceptors (Lipinski definition) is 3. The highest BCUT2D eigenvalue weighted by atomic mass is 16.6. The van der Waals surface area contributed by atoms with Crippen LogP contribution in [0.15, 0.2) is 0 Å². The van der Waals surface area contributed by atoms with Crippen LogP contribution in [0.3, 0.4) is 0 Å². The van der Waals surface area contributed by atoms with E-state index in [0.717, 1.165) is 0 Å². The van der Waals surface area contributed by atoms with Crippen molar-refractivity contribution in [3.8, 4) is 0 Å². The van der Waals surface area contributed by atoms with E-state index in [2.05, 4.69) is 5.32 Å². The van der Waals surface area contributed by atoms with Gasteiger partial charge in [0.25, 0.3) is 0 Å². The Hall–Kier alpha value is -1.26. The smallest absolute Gasteiger partial charge is 0.407 e. The summed E-state index contributed by atoms with van der Waals surface area (Å²) in [7, 11) is 0. The van der Waals surface area contributed by atoms with Crippen molar-refractivity contribution < 1.29 is 19.4 Å². The highest BCUT2D eigenvalue weighted by molar-refractivity contribution is 5.74. The molecule has 2 atom stereocenters. The van der Waals surface area contributed by atoms with Crippen molar-refractivity contribution in [1.29, 1.82) is 0 Å². The fourth-order valence-electron chi connectivity index (χ4n) is 1.43. The van der Waals surface area contributed by atoms with Crippen LogP contribution in [0.4, 0.5) is 4.79 Å². The van der Waals surface area contributed by atoms with Crippen LogP contribution in [0.2, 0.25) is 0 Å². The Balaban J connectivity index is 2.36. The number of nitrogens with one attached hydrogen (secondary N) is 1. The summed E-state index contributed by atoms with van der Waals surface area (Å²) in [6, 6.07) is -0.280. The van der Waals surface area contributed by atoms with Gasteiger partial charge in [0, 0.05) is 6.04 Å². The highest BCUT2D eigenvalue weighted by Crippen LogP contribution is 2.27. The number of rotatable bonds is 2. The largest absolute Gasteiger partial charge is 0.481 e. The molecule has 0 aromatic rings. The minimum absolute atomic E-state index is 0.280. The molecular formula is C10H17NO4. The van der Waals surface area contributed by atoms with Crippen molar-refractivity contribution in [2.75, 3.05) is 0 Å². The van der Waals surface area contributed by atoms with E-state index in [9.17, 15) is 9.59 Å². The summed E-state index contributed by atoms with van der Waals surface area (Å²) in [6.07, 6.45) is 0.782. The summed E-state index contributed by atoms with van der Waals surface area (Å²) in [6.45, 7) is 5.30. The maximum absolute atomic E-state index is 11.3. The quantitative estimate of drug-likeness (QED) is 0.729. The molecule has 1 fully saturated rings. The van der Waals surface area contributed by atoms with Crippen molar-refractivity contribution >= 4 is 12.1 Å². The number of amides is 1. The lowest BCUT2D eigenvalue weighted by atomic mass is 9.80. The number of hydrogen-bond donors (Lipinski definition) is 2. The van der Waals surface area contributed by atoms with Gasteiger partial charge in [0.1, 0.15) is 5.60 Å². The zero-order valence-electron chi connectivity index (χ0n) is 9.24. The Morgan fingerprint density at radius 1 is 1.33 bits per heavy atom. The van der Waals surface area contributed by atoms with Crippen molar-refractivity contribution in [2.24, 2.45) is 5.92 Å². The molecule has 0 spiro atoms. The third-order valence-corrected chi connectivity index (χ3v) is 2.29. The first-order valence-corrected chi connectivity index (χ1v) is 5.02. The van der Waals surface area contributed by atoms with Gasteiger partial charge in [-0.05, 0) is 33.6 Å². The molecular weight excluding hydrogens is 198 g/mol. The molecule has 0 bridgehead atoms. The van der Waals surface area contributed by atoms with Gasteiger partial charge >= 0.3 is 12.1 Å². The molecule has 86 valence electrons. The zero-order chi connectivity index (χ0) is 11.6. The van der Waals surface area contributed by atoms with Gasteiger partial charge in [-0.15, -0.1) is 0 Å². The highest BCUT2D eigenvalue weighted by Gasteiger charge is 2.38. The van der Waals surface area contributed by atoms with E-state index in [1.54, 1.807) is 20.8 Å². The molecule has 0 aromatic heterocycles. The van der Waals surface area contributed by atoms with Crippen molar-refractivity contribution in [2.45, 2.75) is 45.3 Å². The summed E-state index contributed by atoms with van der Waals surface area (Å²) < 4.78 is 5.03. The van der Waals surface area contributed by atoms with Gasteiger partial charge in [-0.2, -0.15) is 0 Å². The Morgan fingerprint density at radius 2 is 1.93 bits per heavy atom. The second-order valence-electron chi connectivity index (χ2n) is 4.77. The normalized spacial score (nSPS) is 25.3. The van der Waals surface area contributed by atoms with Crippen molar-refractivity contribution in [1.82, 2.24) is 5.32 Å². The van der Waals surface area contributed by atoms with Crippen LogP contribution < -0.4 is 5.32 Å². The SMILES string of the molecule is CC(C)(C)OC(=O)N[C@@H]1CC[C@@H]1C(=O)O. The predicted molar refractivity (Wildman–Crippen MR) is 53.5 cm³/mol. The Labute approximate surface area is 88.8 Å². The molecule has 1 aliphatic rings. The molecule has 1 aliphatic carbocycles. The Bertz CT molecular complexity index is 269. The van der Waals surface area contributed by atoms with E-state index in [1.807, 2.05) is 0 Å². The maximum Gasteiger partial charge on any atom is 0.407 e. The summed E-state index contributed by atoms with van der Waals surface area (Å²) in [5, 5.41) is 11.3. The predicted octanol–water partition coefficient (Wildman–Crippen LogP) is 1.37. The summed E-state index contributed by atoms with van der Waals surface area (Å²) in [5.41, 5.74) is -0.549. The van der Waals surface area contributed by atoms with E-state index in [0.29, 0.717) is 12.8 Å². The molecule has 0 radical (unpaired) electrons. The summed E-state index contributed by atoms with van der Waals surface area (Å²) in [5.74, 6) is -1.32. The molecule has 0 heterocycles. The minimum atomic E-state index is -0.859. The zero-order valence-corrected chi connectivity index (χ0v) is 9.24. The first-order chi connectivity index (χ1) is 6.79. The lowest BCUT2D eigenvalue weighted by Gasteiger charge is -2.34. The minimum Gasteiger partial charge on any atom is -0.481 e. The first-order valence-electron chi connectivity index (χ1n) is 5.02. The van der Waals surface area contributed by atoms with Gasteiger partial charge in [-0.1, -0.05) is 0 Å². The number of aliphatic carboxylic acids is 1. The number of carboxylic acids is 1. The van der Waals surface area contributed by atoms with E-state index < -0.39 is 23.6 Å². The monoisotopic (exact) mass is 215 g/mol. The molecule has 0 aromatic carbocycles. The molecule has 0 saturated heterocycles. The van der Waals surface area contributed by atoms with Crippen molar-refractivity contribution in [3.05, 3.63) is 0 Å². The van der Waals surface area contributed by atoms with Crippen LogP contribution in [0, 0.1) is 5.92 Å². The average Bonchev–Trinajstić information content (AvgIpc) is 1.93. The molecule has 2 N–H and O–H groups in total. The van der Waals surface area contributed by atoms with Crippen LogP contribution in [-0.2, 0) is 9.53 Å². The van der Waals surface area contributed by atoms with Gasteiger partial charge in [0.05, 0.1) is 5.92 Å². The van der Waals surface area contributed by atoms with Crippen LogP contribution in [-0.4, -0.2) is 28.8 Å². The number of carbonyl (C=O) groups is 2. The standard InChI is InChI=1S/C10H17NO4/c1-10(2,3)15-9(14)11-7-5-4-6(7)8(12)13/h6-7H,4-5H2,1-3H3,(H,11,14)(H,12,13)/t6-,7+/m0/s1. The molecule has 0 unspecified atom stereocenters. The van der Waals surface area contributed by atoms with Gasteiger partial charge in [-0.25, -0.2) is 4.79 Å². The van der Waals surface area contributed by atoms with Gasteiger partial charge in [-0.3, -0.25) is 4.79 Å². The topological polar surface area (TPSA) is 75.6 Å². The number of ether oxygens (including phenoxy) is 1. The third-order valence-electron chi connectivity index (χ3n) is 2.29. The molecule has 15 heavy (non-hydrogen) atoms. The van der Waals surface area contributed by atoms with E-state index in [4.69, 9.17) is 9.84 Å². The molecule has 1 amide bonds. The Morgan fingerprint density at radius 3 is 2.27 bits per heavy atom. The second kappa shape index (κ2) is 4.08. The van der Waals surface area contributed by atoms with Gasteiger partial charge in [0.15, 0.2) is 0 Å². The molecule has 0 aliphatic heterocycles. The fourth-order valence-corrected chi connectivity index (χ4v) is 1.43. The maximum atomic E-state index is 11.3. The number of carbonyl (C=O) groups excluding carboxylic acids is 1. The summed E-state index contributed by atoms with van der Waals surface area (Å²) in [4.78, 5) is 22.0. The van der Waals surface area contributed by atoms with Gasteiger partial charge in [0.2, 0.25) is 0 Å². The number of carboxylic acid groups (broad SMARTS) is 1. The lowest BCUT2D eigenvalue weighted by Crippen LogP contribution is -2.51. The summed E-state index contributed by atoms with van der Waals surface area (Å²) >= 11 is 0. The van der Waals surface area contributed by atoms with Crippen LogP contribution >= 0.6 is 0 Å². The van der Waals surface area contributed by atoms with Crippen LogP contribution in [0.25, 0.3) is 0 Å². The fraction of sp³-hybridized carbons (Fsp3) is 0.800. The first kappa shape index (κ1) is 11.8. The van der Waals surface area contributed by atoms with Gasteiger partial charge < -0.3 is 15.2 Å². The Kier molecular flexibility index (Phi) is 3.21. The second-order valence-corrected chi connectivity index (χ2v) is 4.77. The van der Waals surface area contributed by atoms with E-state index in [1.165, 1.54) is 0 Å². The van der Waals surface area contributed by atoms with Crippen molar-refractivity contribution in [3.63, 3.8) is 0 Å². The van der Waals surface area contributed by atoms with E-state index >= 15 is 0 Å².